The maximum atomic E-state index is 4.86. The number of aliphatic imine (C=N–C) groups is 1. The van der Waals surface area contributed by atoms with Gasteiger partial charge in [0, 0.05) is 57.2 Å². The average Bonchev–Trinajstić information content (AvgIpc) is 3.02. The molecule has 1 N–H and O–H groups in total. The van der Waals surface area contributed by atoms with E-state index < -0.39 is 0 Å². The van der Waals surface area contributed by atoms with Crippen LogP contribution in [0.3, 0.4) is 0 Å². The second kappa shape index (κ2) is 7.95. The summed E-state index contributed by atoms with van der Waals surface area (Å²) in [6.45, 7) is 10.1. The van der Waals surface area contributed by atoms with E-state index in [1.54, 1.807) is 0 Å². The van der Waals surface area contributed by atoms with Gasteiger partial charge < -0.3 is 15.1 Å². The minimum atomic E-state index is 0.818. The molecule has 1 saturated carbocycles. The molecule has 3 rings (SSSR count). The molecule has 0 unspecified atom stereocenters. The number of piperazine rings is 1. The fourth-order valence-corrected chi connectivity index (χ4v) is 3.74. The first kappa shape index (κ1) is 16.5. The van der Waals surface area contributed by atoms with E-state index in [0.29, 0.717) is 0 Å². The SMILES string of the molecule is CCNC(=NCC1CCC1)N1CCN(c2nc(CC)ns2)CC1. The van der Waals surface area contributed by atoms with Crippen molar-refractivity contribution in [1.29, 1.82) is 0 Å². The van der Waals surface area contributed by atoms with Crippen molar-refractivity contribution in [1.82, 2.24) is 19.6 Å². The fourth-order valence-electron chi connectivity index (χ4n) is 2.94. The average molecular weight is 337 g/mol. The number of anilines is 1. The largest absolute Gasteiger partial charge is 0.357 e. The van der Waals surface area contributed by atoms with E-state index in [1.807, 2.05) is 0 Å². The Labute approximate surface area is 143 Å². The summed E-state index contributed by atoms with van der Waals surface area (Å²) in [5, 5.41) is 4.52. The van der Waals surface area contributed by atoms with Gasteiger partial charge in [0.1, 0.15) is 5.82 Å². The maximum Gasteiger partial charge on any atom is 0.205 e. The third kappa shape index (κ3) is 4.13. The standard InChI is InChI=1S/C16H28N6S/c1-3-14-19-16(23-20-14)22-10-8-21(9-11-22)15(17-4-2)18-12-13-6-5-7-13/h13H,3-12H2,1-2H3,(H,17,18). The molecule has 1 aromatic rings. The number of rotatable bonds is 5. The van der Waals surface area contributed by atoms with Crippen molar-refractivity contribution in [2.45, 2.75) is 39.5 Å². The zero-order valence-corrected chi connectivity index (χ0v) is 15.1. The quantitative estimate of drug-likeness (QED) is 0.658. The fraction of sp³-hybridized carbons (Fsp3) is 0.812. The van der Waals surface area contributed by atoms with Gasteiger partial charge in [-0.15, -0.1) is 0 Å². The summed E-state index contributed by atoms with van der Waals surface area (Å²) in [5.74, 6) is 2.87. The molecule has 1 aliphatic heterocycles. The van der Waals surface area contributed by atoms with Crippen LogP contribution >= 0.6 is 11.5 Å². The normalized spacial score (nSPS) is 19.8. The van der Waals surface area contributed by atoms with E-state index in [1.165, 1.54) is 30.8 Å². The molecule has 6 nitrogen and oxygen atoms in total. The Morgan fingerprint density at radius 2 is 2.04 bits per heavy atom. The van der Waals surface area contributed by atoms with Crippen LogP contribution in [0.25, 0.3) is 0 Å². The molecule has 2 fully saturated rings. The van der Waals surface area contributed by atoms with Crippen LogP contribution < -0.4 is 10.2 Å². The molecule has 2 heterocycles. The number of nitrogens with zero attached hydrogens (tertiary/aromatic N) is 5. The van der Waals surface area contributed by atoms with E-state index >= 15 is 0 Å². The predicted molar refractivity (Wildman–Crippen MR) is 96.4 cm³/mol. The van der Waals surface area contributed by atoms with Gasteiger partial charge in [-0.05, 0) is 25.7 Å². The summed E-state index contributed by atoms with van der Waals surface area (Å²) < 4.78 is 4.40. The monoisotopic (exact) mass is 336 g/mol. The molecule has 2 aliphatic rings. The summed E-state index contributed by atoms with van der Waals surface area (Å²) in [6.07, 6.45) is 5.01. The van der Waals surface area contributed by atoms with Gasteiger partial charge in [-0.25, -0.2) is 4.98 Å². The third-order valence-electron chi connectivity index (χ3n) is 4.68. The molecule has 1 saturated heterocycles. The molecule has 7 heteroatoms. The molecule has 0 spiro atoms. The topological polar surface area (TPSA) is 56.7 Å². The van der Waals surface area contributed by atoms with Gasteiger partial charge in [0.2, 0.25) is 5.13 Å². The Kier molecular flexibility index (Phi) is 5.70. The number of guanidine groups is 1. The van der Waals surface area contributed by atoms with E-state index in [2.05, 4.69) is 38.3 Å². The van der Waals surface area contributed by atoms with Crippen molar-refractivity contribution in [3.63, 3.8) is 0 Å². The lowest BCUT2D eigenvalue weighted by Gasteiger charge is -2.36. The van der Waals surface area contributed by atoms with E-state index in [-0.39, 0.29) is 0 Å². The van der Waals surface area contributed by atoms with Crippen molar-refractivity contribution in [3.8, 4) is 0 Å². The minimum Gasteiger partial charge on any atom is -0.357 e. The number of aromatic nitrogens is 2. The van der Waals surface area contributed by atoms with E-state index in [4.69, 9.17) is 4.99 Å². The molecule has 0 radical (unpaired) electrons. The van der Waals surface area contributed by atoms with Gasteiger partial charge in [0.25, 0.3) is 0 Å². The molecule has 128 valence electrons. The second-order valence-electron chi connectivity index (χ2n) is 6.31. The second-order valence-corrected chi connectivity index (χ2v) is 7.04. The first-order valence-corrected chi connectivity index (χ1v) is 9.68. The van der Waals surface area contributed by atoms with Gasteiger partial charge in [-0.3, -0.25) is 4.99 Å². The van der Waals surface area contributed by atoms with Crippen LogP contribution in [-0.2, 0) is 6.42 Å². The number of hydrogen-bond donors (Lipinski definition) is 1. The molecule has 0 bridgehead atoms. The number of hydrogen-bond acceptors (Lipinski definition) is 5. The van der Waals surface area contributed by atoms with E-state index in [9.17, 15) is 0 Å². The molecule has 0 amide bonds. The summed E-state index contributed by atoms with van der Waals surface area (Å²) in [4.78, 5) is 14.2. The molecular formula is C16H28N6S. The van der Waals surface area contributed by atoms with Crippen LogP contribution in [0.2, 0.25) is 0 Å². The van der Waals surface area contributed by atoms with Crippen molar-refractivity contribution in [2.75, 3.05) is 44.2 Å². The first-order valence-electron chi connectivity index (χ1n) is 8.91. The molecule has 23 heavy (non-hydrogen) atoms. The van der Waals surface area contributed by atoms with Crippen LogP contribution in [-0.4, -0.2) is 59.5 Å². The highest BCUT2D eigenvalue weighted by Crippen LogP contribution is 2.26. The van der Waals surface area contributed by atoms with Gasteiger partial charge in [-0.1, -0.05) is 13.3 Å². The summed E-state index contributed by atoms with van der Waals surface area (Å²) in [5.41, 5.74) is 0. The lowest BCUT2D eigenvalue weighted by Crippen LogP contribution is -2.52. The molecule has 1 aliphatic carbocycles. The Bertz CT molecular complexity index is 516. The number of nitrogens with one attached hydrogen (secondary N) is 1. The maximum absolute atomic E-state index is 4.86. The first-order chi connectivity index (χ1) is 11.3. The van der Waals surface area contributed by atoms with Crippen molar-refractivity contribution < 1.29 is 0 Å². The highest BCUT2D eigenvalue weighted by atomic mass is 32.1. The molecular weight excluding hydrogens is 308 g/mol. The lowest BCUT2D eigenvalue weighted by atomic mass is 9.86. The summed E-state index contributed by atoms with van der Waals surface area (Å²) in [6, 6.07) is 0. The summed E-state index contributed by atoms with van der Waals surface area (Å²) >= 11 is 1.53. The smallest absolute Gasteiger partial charge is 0.205 e. The van der Waals surface area contributed by atoms with Crippen LogP contribution in [0.5, 0.6) is 0 Å². The zero-order chi connectivity index (χ0) is 16.1. The van der Waals surface area contributed by atoms with E-state index in [0.717, 1.165) is 68.5 Å². The lowest BCUT2D eigenvalue weighted by molar-refractivity contribution is 0.320. The minimum absolute atomic E-state index is 0.818. The van der Waals surface area contributed by atoms with Gasteiger partial charge in [0.15, 0.2) is 5.96 Å². The van der Waals surface area contributed by atoms with Crippen molar-refractivity contribution in [3.05, 3.63) is 5.82 Å². The van der Waals surface area contributed by atoms with Crippen LogP contribution in [0.15, 0.2) is 4.99 Å². The molecule has 1 aromatic heterocycles. The van der Waals surface area contributed by atoms with Gasteiger partial charge in [-0.2, -0.15) is 4.37 Å². The molecule has 0 aromatic carbocycles. The number of aryl methyl sites for hydroxylation is 1. The predicted octanol–water partition coefficient (Wildman–Crippen LogP) is 1.99. The third-order valence-corrected chi connectivity index (χ3v) is 5.50. The Balaban J connectivity index is 1.54. The Morgan fingerprint density at radius 3 is 2.61 bits per heavy atom. The van der Waals surface area contributed by atoms with Crippen molar-refractivity contribution >= 4 is 22.6 Å². The van der Waals surface area contributed by atoms with Crippen LogP contribution in [0.1, 0.15) is 38.9 Å². The van der Waals surface area contributed by atoms with Crippen LogP contribution in [0, 0.1) is 5.92 Å². The zero-order valence-electron chi connectivity index (χ0n) is 14.3. The highest BCUT2D eigenvalue weighted by Gasteiger charge is 2.23. The molecule has 0 atom stereocenters. The highest BCUT2D eigenvalue weighted by molar-refractivity contribution is 7.09. The van der Waals surface area contributed by atoms with Crippen LogP contribution in [0.4, 0.5) is 5.13 Å². The van der Waals surface area contributed by atoms with Gasteiger partial charge >= 0.3 is 0 Å². The van der Waals surface area contributed by atoms with Gasteiger partial charge in [0.05, 0.1) is 0 Å². The van der Waals surface area contributed by atoms with Crippen molar-refractivity contribution in [2.24, 2.45) is 10.9 Å². The summed E-state index contributed by atoms with van der Waals surface area (Å²) in [7, 11) is 0. The Morgan fingerprint density at radius 1 is 1.26 bits per heavy atom. The Hall–Kier alpha value is -1.37.